The van der Waals surface area contributed by atoms with Crippen molar-refractivity contribution in [2.24, 2.45) is 11.8 Å². The Morgan fingerprint density at radius 2 is 1.70 bits per heavy atom. The SMILES string of the molecule is CC(C)(C)OC(=O)COCC1CCC(Cn2nc(-c3ccccc3)c(I)c2C(F)(F)F)CC1. The molecule has 0 bridgehead atoms. The summed E-state index contributed by atoms with van der Waals surface area (Å²) < 4.78 is 53.6. The van der Waals surface area contributed by atoms with Gasteiger partial charge in [-0.1, -0.05) is 30.3 Å². The summed E-state index contributed by atoms with van der Waals surface area (Å²) in [5.74, 6) is 0.0225. The largest absolute Gasteiger partial charge is 0.458 e. The fourth-order valence-corrected chi connectivity index (χ4v) is 5.13. The third-order valence-corrected chi connectivity index (χ3v) is 6.62. The van der Waals surface area contributed by atoms with Crippen molar-refractivity contribution >= 4 is 28.6 Å². The predicted octanol–water partition coefficient (Wildman–Crippen LogP) is 6.34. The van der Waals surface area contributed by atoms with Crippen molar-refractivity contribution in [2.45, 2.75) is 64.8 Å². The number of ether oxygens (including phenoxy) is 2. The molecule has 0 atom stereocenters. The summed E-state index contributed by atoms with van der Waals surface area (Å²) in [6, 6.07) is 8.97. The van der Waals surface area contributed by atoms with Gasteiger partial charge in [-0.15, -0.1) is 0 Å². The van der Waals surface area contributed by atoms with E-state index in [0.717, 1.165) is 30.4 Å². The van der Waals surface area contributed by atoms with E-state index in [9.17, 15) is 18.0 Å². The highest BCUT2D eigenvalue weighted by Gasteiger charge is 2.40. The van der Waals surface area contributed by atoms with Crippen LogP contribution in [0.5, 0.6) is 0 Å². The average molecular weight is 578 g/mol. The van der Waals surface area contributed by atoms with Crippen LogP contribution in [0.3, 0.4) is 0 Å². The molecule has 1 aromatic carbocycles. The molecule has 0 unspecified atom stereocenters. The molecule has 0 saturated heterocycles. The van der Waals surface area contributed by atoms with Crippen LogP contribution in [0.1, 0.15) is 52.1 Å². The van der Waals surface area contributed by atoms with Gasteiger partial charge in [0.1, 0.15) is 17.9 Å². The van der Waals surface area contributed by atoms with Crippen molar-refractivity contribution in [1.29, 1.82) is 0 Å². The maximum Gasteiger partial charge on any atom is 0.434 e. The van der Waals surface area contributed by atoms with E-state index in [2.05, 4.69) is 5.10 Å². The first-order valence-corrected chi connectivity index (χ1v) is 12.2. The van der Waals surface area contributed by atoms with Gasteiger partial charge in [0.15, 0.2) is 5.69 Å². The summed E-state index contributed by atoms with van der Waals surface area (Å²) in [4.78, 5) is 11.8. The molecule has 1 fully saturated rings. The Hall–Kier alpha value is -1.62. The van der Waals surface area contributed by atoms with Gasteiger partial charge in [0.25, 0.3) is 0 Å². The lowest BCUT2D eigenvalue weighted by atomic mass is 9.82. The Kier molecular flexibility index (Phi) is 8.47. The lowest BCUT2D eigenvalue weighted by molar-refractivity contribution is -0.160. The van der Waals surface area contributed by atoms with Gasteiger partial charge in [-0.05, 0) is 80.9 Å². The number of carbonyl (C=O) groups is 1. The van der Waals surface area contributed by atoms with E-state index < -0.39 is 23.4 Å². The quantitative estimate of drug-likeness (QED) is 0.285. The van der Waals surface area contributed by atoms with Crippen LogP contribution in [0.4, 0.5) is 13.2 Å². The van der Waals surface area contributed by atoms with Crippen molar-refractivity contribution in [3.63, 3.8) is 0 Å². The number of hydrogen-bond acceptors (Lipinski definition) is 4. The van der Waals surface area contributed by atoms with Crippen LogP contribution in [0.25, 0.3) is 11.3 Å². The van der Waals surface area contributed by atoms with Crippen LogP contribution in [0.15, 0.2) is 30.3 Å². The first kappa shape index (κ1) is 26.0. The molecule has 0 aliphatic heterocycles. The molecule has 0 N–H and O–H groups in total. The number of rotatable bonds is 7. The minimum Gasteiger partial charge on any atom is -0.458 e. The number of hydrogen-bond donors (Lipinski definition) is 0. The van der Waals surface area contributed by atoms with Crippen molar-refractivity contribution in [1.82, 2.24) is 9.78 Å². The minimum absolute atomic E-state index is 0.0832. The molecule has 0 radical (unpaired) electrons. The normalized spacial score (nSPS) is 19.5. The van der Waals surface area contributed by atoms with Gasteiger partial charge in [0, 0.05) is 12.1 Å². The molecule has 9 heteroatoms. The van der Waals surface area contributed by atoms with E-state index in [4.69, 9.17) is 9.47 Å². The molecular formula is C24H30F3IN2O3. The molecule has 33 heavy (non-hydrogen) atoms. The van der Waals surface area contributed by atoms with Gasteiger partial charge in [-0.2, -0.15) is 18.3 Å². The van der Waals surface area contributed by atoms with Crippen LogP contribution in [-0.4, -0.2) is 34.6 Å². The van der Waals surface area contributed by atoms with Crippen molar-refractivity contribution in [3.05, 3.63) is 39.6 Å². The number of halogens is 4. The standard InChI is InChI=1S/C24H30F3IN2O3/c1-23(2,3)33-19(31)15-32-14-17-11-9-16(10-12-17)13-30-22(24(25,26)27)20(28)21(29-30)18-7-5-4-6-8-18/h4-8,16-17H,9-15H2,1-3H3. The number of aromatic nitrogens is 2. The van der Waals surface area contributed by atoms with Crippen molar-refractivity contribution in [3.8, 4) is 11.3 Å². The maximum atomic E-state index is 13.8. The van der Waals surface area contributed by atoms with E-state index in [0.29, 0.717) is 23.8 Å². The van der Waals surface area contributed by atoms with Gasteiger partial charge in [-0.3, -0.25) is 4.68 Å². The van der Waals surface area contributed by atoms with Crippen molar-refractivity contribution < 1.29 is 27.4 Å². The van der Waals surface area contributed by atoms with Crippen LogP contribution in [-0.2, 0) is 27.0 Å². The van der Waals surface area contributed by atoms with E-state index in [1.165, 1.54) is 0 Å². The monoisotopic (exact) mass is 578 g/mol. The summed E-state index contributed by atoms with van der Waals surface area (Å²) in [5.41, 5.74) is -0.173. The number of esters is 1. The number of carbonyl (C=O) groups excluding carboxylic acids is 1. The summed E-state index contributed by atoms with van der Waals surface area (Å²) in [6.07, 6.45) is -1.17. The van der Waals surface area contributed by atoms with E-state index in [1.54, 1.807) is 67.6 Å². The van der Waals surface area contributed by atoms with Crippen LogP contribution >= 0.6 is 22.6 Å². The van der Waals surface area contributed by atoms with Gasteiger partial charge in [0.2, 0.25) is 0 Å². The second kappa shape index (κ2) is 10.8. The Morgan fingerprint density at radius 1 is 1.09 bits per heavy atom. The minimum atomic E-state index is -4.47. The van der Waals surface area contributed by atoms with Gasteiger partial charge in [-0.25, -0.2) is 4.79 Å². The lowest BCUT2D eigenvalue weighted by Gasteiger charge is -2.29. The summed E-state index contributed by atoms with van der Waals surface area (Å²) in [5, 5.41) is 4.37. The van der Waals surface area contributed by atoms with E-state index >= 15 is 0 Å². The second-order valence-corrected chi connectivity index (χ2v) is 10.6. The molecule has 1 aliphatic rings. The van der Waals surface area contributed by atoms with Crippen molar-refractivity contribution in [2.75, 3.05) is 13.2 Å². The van der Waals surface area contributed by atoms with Crippen LogP contribution in [0.2, 0.25) is 0 Å². The summed E-state index contributed by atoms with van der Waals surface area (Å²) >= 11 is 1.76. The zero-order valence-corrected chi connectivity index (χ0v) is 21.3. The molecule has 0 amide bonds. The first-order chi connectivity index (χ1) is 15.4. The second-order valence-electron chi connectivity index (χ2n) is 9.55. The summed E-state index contributed by atoms with van der Waals surface area (Å²) in [6.45, 7) is 6.03. The van der Waals surface area contributed by atoms with Gasteiger partial charge in [0.05, 0.1) is 10.2 Å². The number of alkyl halides is 3. The highest BCUT2D eigenvalue weighted by Crippen LogP contribution is 2.39. The van der Waals surface area contributed by atoms with Gasteiger partial charge >= 0.3 is 12.1 Å². The molecule has 0 spiro atoms. The molecule has 182 valence electrons. The predicted molar refractivity (Wildman–Crippen MR) is 127 cm³/mol. The average Bonchev–Trinajstić information content (AvgIpc) is 3.04. The molecule has 1 aromatic heterocycles. The fraction of sp³-hybridized carbons (Fsp3) is 0.583. The molecule has 1 heterocycles. The van der Waals surface area contributed by atoms with E-state index in [1.807, 2.05) is 6.07 Å². The van der Waals surface area contributed by atoms with Crippen LogP contribution in [0, 0.1) is 15.4 Å². The first-order valence-electron chi connectivity index (χ1n) is 11.1. The molecule has 2 aromatic rings. The topological polar surface area (TPSA) is 53.4 Å². The Balaban J connectivity index is 1.57. The Morgan fingerprint density at radius 3 is 2.27 bits per heavy atom. The zero-order valence-electron chi connectivity index (χ0n) is 19.1. The molecule has 1 saturated carbocycles. The third-order valence-electron chi connectivity index (χ3n) is 5.60. The molecule has 5 nitrogen and oxygen atoms in total. The Labute approximate surface area is 206 Å². The van der Waals surface area contributed by atoms with E-state index in [-0.39, 0.29) is 22.6 Å². The van der Waals surface area contributed by atoms with Gasteiger partial charge < -0.3 is 9.47 Å². The molecule has 3 rings (SSSR count). The fourth-order valence-electron chi connectivity index (χ4n) is 4.13. The highest BCUT2D eigenvalue weighted by atomic mass is 127. The smallest absolute Gasteiger partial charge is 0.434 e. The summed E-state index contributed by atoms with van der Waals surface area (Å²) in [7, 11) is 0. The number of nitrogens with zero attached hydrogens (tertiary/aromatic N) is 2. The highest BCUT2D eigenvalue weighted by molar-refractivity contribution is 14.1. The molecular weight excluding hydrogens is 548 g/mol. The van der Waals surface area contributed by atoms with Crippen LogP contribution < -0.4 is 0 Å². The lowest BCUT2D eigenvalue weighted by Crippen LogP contribution is -2.28. The molecule has 1 aliphatic carbocycles. The zero-order chi connectivity index (χ0) is 24.2. The third kappa shape index (κ3) is 7.43. The maximum absolute atomic E-state index is 13.8. The Bertz CT molecular complexity index is 931. The number of benzene rings is 1.